The van der Waals surface area contributed by atoms with Crippen LogP contribution in [0.5, 0.6) is 0 Å². The zero-order chi connectivity index (χ0) is 12.4. The zero-order valence-electron chi connectivity index (χ0n) is 9.72. The number of nitrogens with one attached hydrogen (secondary N) is 2. The maximum atomic E-state index is 13.2. The van der Waals surface area contributed by atoms with Gasteiger partial charge < -0.3 is 16.4 Å². The van der Waals surface area contributed by atoms with Gasteiger partial charge in [-0.1, -0.05) is 0 Å². The molecule has 0 aliphatic carbocycles. The van der Waals surface area contributed by atoms with E-state index in [2.05, 4.69) is 10.6 Å². The lowest BCUT2D eigenvalue weighted by atomic mass is 10.1. The first-order valence-corrected chi connectivity index (χ1v) is 5.65. The number of nitrogen functional groups attached to an aromatic ring is 1. The topological polar surface area (TPSA) is 67.2 Å². The minimum atomic E-state index is -0.301. The van der Waals surface area contributed by atoms with Crippen LogP contribution in [0.4, 0.5) is 15.8 Å². The van der Waals surface area contributed by atoms with Crippen LogP contribution in [0, 0.1) is 12.7 Å². The van der Waals surface area contributed by atoms with E-state index in [0.717, 1.165) is 12.1 Å². The molecule has 1 fully saturated rings. The Bertz CT molecular complexity index is 438. The van der Waals surface area contributed by atoms with Crippen molar-refractivity contribution in [2.75, 3.05) is 17.6 Å². The van der Waals surface area contributed by atoms with Crippen molar-refractivity contribution >= 4 is 17.3 Å². The Balaban J connectivity index is 2.08. The summed E-state index contributed by atoms with van der Waals surface area (Å²) in [5, 5.41) is 6.01. The predicted molar refractivity (Wildman–Crippen MR) is 65.2 cm³/mol. The number of anilines is 2. The second-order valence-electron chi connectivity index (χ2n) is 4.37. The standard InChI is InChI=1S/C12H16FN3O/c1-7-4-11(10(14)5-9(7)13)16-8-2-3-12(17)15-6-8/h4-5,8,16H,2-3,6,14H2,1H3,(H,15,17). The molecule has 1 aliphatic heterocycles. The van der Waals surface area contributed by atoms with E-state index in [4.69, 9.17) is 5.73 Å². The third-order valence-electron chi connectivity index (χ3n) is 2.96. The van der Waals surface area contributed by atoms with Crippen LogP contribution in [0.25, 0.3) is 0 Å². The predicted octanol–water partition coefficient (Wildman–Crippen LogP) is 1.41. The summed E-state index contributed by atoms with van der Waals surface area (Å²) in [6.07, 6.45) is 1.28. The fraction of sp³-hybridized carbons (Fsp3) is 0.417. The van der Waals surface area contributed by atoms with Gasteiger partial charge in [0.2, 0.25) is 5.91 Å². The molecule has 0 bridgehead atoms. The number of amides is 1. The SMILES string of the molecule is Cc1cc(NC2CCC(=O)NC2)c(N)cc1F. The van der Waals surface area contributed by atoms with Crippen molar-refractivity contribution in [3.63, 3.8) is 0 Å². The van der Waals surface area contributed by atoms with Crippen LogP contribution < -0.4 is 16.4 Å². The van der Waals surface area contributed by atoms with Gasteiger partial charge in [-0.05, 0) is 31.0 Å². The number of benzene rings is 1. The van der Waals surface area contributed by atoms with Crippen LogP contribution in [-0.4, -0.2) is 18.5 Å². The van der Waals surface area contributed by atoms with Gasteiger partial charge in [0.15, 0.2) is 0 Å². The minimum absolute atomic E-state index is 0.0753. The molecule has 17 heavy (non-hydrogen) atoms. The lowest BCUT2D eigenvalue weighted by Crippen LogP contribution is -2.42. The highest BCUT2D eigenvalue weighted by Gasteiger charge is 2.18. The number of piperidine rings is 1. The summed E-state index contributed by atoms with van der Waals surface area (Å²) in [4.78, 5) is 11.0. The van der Waals surface area contributed by atoms with Gasteiger partial charge in [-0.25, -0.2) is 4.39 Å². The van der Waals surface area contributed by atoms with E-state index in [1.54, 1.807) is 13.0 Å². The van der Waals surface area contributed by atoms with Crippen molar-refractivity contribution in [2.45, 2.75) is 25.8 Å². The number of hydrogen-bond donors (Lipinski definition) is 3. The van der Waals surface area contributed by atoms with Gasteiger partial charge in [0.05, 0.1) is 11.4 Å². The van der Waals surface area contributed by atoms with Gasteiger partial charge in [-0.2, -0.15) is 0 Å². The highest BCUT2D eigenvalue weighted by Crippen LogP contribution is 2.24. The first-order chi connectivity index (χ1) is 8.06. The number of hydrogen-bond acceptors (Lipinski definition) is 3. The normalized spacial score (nSPS) is 19.9. The second kappa shape index (κ2) is 4.61. The van der Waals surface area contributed by atoms with Crippen molar-refractivity contribution in [2.24, 2.45) is 0 Å². The lowest BCUT2D eigenvalue weighted by Gasteiger charge is -2.25. The maximum absolute atomic E-state index is 13.2. The molecule has 0 saturated carbocycles. The summed E-state index contributed by atoms with van der Waals surface area (Å²) in [6, 6.07) is 3.17. The molecule has 1 amide bonds. The van der Waals surface area contributed by atoms with E-state index in [9.17, 15) is 9.18 Å². The number of carbonyl (C=O) groups is 1. The van der Waals surface area contributed by atoms with E-state index in [-0.39, 0.29) is 17.8 Å². The Morgan fingerprint density at radius 1 is 1.53 bits per heavy atom. The van der Waals surface area contributed by atoms with Gasteiger partial charge in [-0.15, -0.1) is 0 Å². The molecule has 1 heterocycles. The van der Waals surface area contributed by atoms with Crippen LogP contribution in [0.2, 0.25) is 0 Å². The van der Waals surface area contributed by atoms with Gasteiger partial charge in [0, 0.05) is 19.0 Å². The Morgan fingerprint density at radius 3 is 2.94 bits per heavy atom. The van der Waals surface area contributed by atoms with Crippen LogP contribution in [0.1, 0.15) is 18.4 Å². The Kier molecular flexibility index (Phi) is 3.17. The smallest absolute Gasteiger partial charge is 0.220 e. The molecule has 1 unspecified atom stereocenters. The van der Waals surface area contributed by atoms with Crippen molar-refractivity contribution < 1.29 is 9.18 Å². The Labute approximate surface area is 99.4 Å². The molecule has 1 atom stereocenters. The third kappa shape index (κ3) is 2.67. The molecule has 2 rings (SSSR count). The first kappa shape index (κ1) is 11.7. The average molecular weight is 237 g/mol. The molecule has 4 nitrogen and oxygen atoms in total. The van der Waals surface area contributed by atoms with E-state index >= 15 is 0 Å². The molecular weight excluding hydrogens is 221 g/mol. The number of carbonyl (C=O) groups excluding carboxylic acids is 1. The monoisotopic (exact) mass is 237 g/mol. The molecule has 4 N–H and O–H groups in total. The highest BCUT2D eigenvalue weighted by atomic mass is 19.1. The summed E-state index contributed by atoms with van der Waals surface area (Å²) >= 11 is 0. The maximum Gasteiger partial charge on any atom is 0.220 e. The molecule has 1 saturated heterocycles. The van der Waals surface area contributed by atoms with E-state index in [1.165, 1.54) is 6.07 Å². The molecule has 92 valence electrons. The summed E-state index contributed by atoms with van der Waals surface area (Å²) in [5.41, 5.74) is 7.42. The van der Waals surface area contributed by atoms with Crippen molar-refractivity contribution in [1.29, 1.82) is 0 Å². The molecule has 0 spiro atoms. The first-order valence-electron chi connectivity index (χ1n) is 5.65. The third-order valence-corrected chi connectivity index (χ3v) is 2.96. The van der Waals surface area contributed by atoms with E-state index < -0.39 is 0 Å². The Hall–Kier alpha value is -1.78. The van der Waals surface area contributed by atoms with Crippen LogP contribution in [0.15, 0.2) is 12.1 Å². The highest BCUT2D eigenvalue weighted by molar-refractivity contribution is 5.77. The van der Waals surface area contributed by atoms with Crippen LogP contribution in [-0.2, 0) is 4.79 Å². The van der Waals surface area contributed by atoms with Crippen molar-refractivity contribution in [3.05, 3.63) is 23.5 Å². The van der Waals surface area contributed by atoms with Gasteiger partial charge in [-0.3, -0.25) is 4.79 Å². The summed E-state index contributed by atoms with van der Waals surface area (Å²) in [5.74, 6) is -0.226. The van der Waals surface area contributed by atoms with E-state index in [0.29, 0.717) is 24.2 Å². The van der Waals surface area contributed by atoms with Crippen molar-refractivity contribution in [1.82, 2.24) is 5.32 Å². The zero-order valence-corrected chi connectivity index (χ0v) is 9.72. The minimum Gasteiger partial charge on any atom is -0.397 e. The fourth-order valence-corrected chi connectivity index (χ4v) is 1.90. The molecular formula is C12H16FN3O. The fourth-order valence-electron chi connectivity index (χ4n) is 1.90. The summed E-state index contributed by atoms with van der Waals surface area (Å²) < 4.78 is 13.2. The molecule has 0 aromatic heterocycles. The number of rotatable bonds is 2. The molecule has 5 heteroatoms. The largest absolute Gasteiger partial charge is 0.397 e. The summed E-state index contributed by atoms with van der Waals surface area (Å²) in [7, 11) is 0. The summed E-state index contributed by atoms with van der Waals surface area (Å²) in [6.45, 7) is 2.28. The van der Waals surface area contributed by atoms with Gasteiger partial charge in [0.25, 0.3) is 0 Å². The van der Waals surface area contributed by atoms with Crippen LogP contribution >= 0.6 is 0 Å². The molecule has 1 aliphatic rings. The van der Waals surface area contributed by atoms with Crippen LogP contribution in [0.3, 0.4) is 0 Å². The molecule has 1 aromatic carbocycles. The Morgan fingerprint density at radius 2 is 2.29 bits per heavy atom. The number of nitrogens with two attached hydrogens (primary N) is 1. The number of aryl methyl sites for hydroxylation is 1. The molecule has 1 aromatic rings. The second-order valence-corrected chi connectivity index (χ2v) is 4.37. The van der Waals surface area contributed by atoms with E-state index in [1.807, 2.05) is 0 Å². The lowest BCUT2D eigenvalue weighted by molar-refractivity contribution is -0.122. The van der Waals surface area contributed by atoms with Gasteiger partial charge in [0.1, 0.15) is 5.82 Å². The average Bonchev–Trinajstić information content (AvgIpc) is 2.29. The quantitative estimate of drug-likeness (QED) is 0.681. The van der Waals surface area contributed by atoms with Gasteiger partial charge >= 0.3 is 0 Å². The van der Waals surface area contributed by atoms with Crippen molar-refractivity contribution in [3.8, 4) is 0 Å². The number of halogens is 1. The molecule has 0 radical (unpaired) electrons.